The molecule has 1 N–H and O–H groups in total. The predicted molar refractivity (Wildman–Crippen MR) is 89.6 cm³/mol. The third kappa shape index (κ3) is 2.85. The first-order valence-corrected chi connectivity index (χ1v) is 7.44. The van der Waals surface area contributed by atoms with E-state index in [1.54, 1.807) is 25.0 Å². The predicted octanol–water partition coefficient (Wildman–Crippen LogP) is 3.03. The van der Waals surface area contributed by atoms with Crippen LogP contribution in [0.2, 0.25) is 5.02 Å². The smallest absolute Gasteiger partial charge is 0.278 e. The Morgan fingerprint density at radius 2 is 1.87 bits per heavy atom. The van der Waals surface area contributed by atoms with Crippen molar-refractivity contribution in [1.82, 2.24) is 19.6 Å². The van der Waals surface area contributed by atoms with E-state index in [0.29, 0.717) is 10.8 Å². The van der Waals surface area contributed by atoms with Crippen molar-refractivity contribution in [2.45, 2.75) is 6.92 Å². The first kappa shape index (κ1) is 15.3. The van der Waals surface area contributed by atoms with Gasteiger partial charge in [-0.15, -0.1) is 0 Å². The summed E-state index contributed by atoms with van der Waals surface area (Å²) < 4.78 is 3.15. The molecule has 2 aromatic heterocycles. The lowest BCUT2D eigenvalue weighted by atomic mass is 10.1. The van der Waals surface area contributed by atoms with Crippen LogP contribution in [0.3, 0.4) is 0 Å². The minimum Gasteiger partial charge on any atom is -0.305 e. The van der Waals surface area contributed by atoms with Gasteiger partial charge in [-0.25, -0.2) is 0 Å². The van der Waals surface area contributed by atoms with Crippen molar-refractivity contribution in [3.05, 3.63) is 52.9 Å². The Bertz CT molecular complexity index is 866. The number of anilines is 1. The van der Waals surface area contributed by atoms with E-state index in [0.717, 1.165) is 16.8 Å². The molecule has 0 aliphatic rings. The van der Waals surface area contributed by atoms with E-state index in [1.807, 2.05) is 37.3 Å². The number of nitrogens with zero attached hydrogens (tertiary/aromatic N) is 4. The lowest BCUT2D eigenvalue weighted by molar-refractivity contribution is 0.102. The van der Waals surface area contributed by atoms with Gasteiger partial charge in [0.25, 0.3) is 5.91 Å². The molecule has 0 radical (unpaired) electrons. The van der Waals surface area contributed by atoms with Gasteiger partial charge in [0.05, 0.1) is 10.7 Å². The molecule has 1 aromatic carbocycles. The monoisotopic (exact) mass is 329 g/mol. The molecule has 118 valence electrons. The molecular formula is C16H16ClN5O. The molecule has 3 aromatic rings. The van der Waals surface area contributed by atoms with Crippen LogP contribution in [0.4, 0.5) is 5.82 Å². The summed E-state index contributed by atoms with van der Waals surface area (Å²) >= 11 is 6.04. The summed E-state index contributed by atoms with van der Waals surface area (Å²) in [6.07, 6.45) is 1.59. The summed E-state index contributed by atoms with van der Waals surface area (Å²) in [4.78, 5) is 12.5. The van der Waals surface area contributed by atoms with Gasteiger partial charge in [-0.2, -0.15) is 10.2 Å². The Morgan fingerprint density at radius 1 is 1.17 bits per heavy atom. The zero-order valence-corrected chi connectivity index (χ0v) is 13.8. The van der Waals surface area contributed by atoms with E-state index in [9.17, 15) is 4.79 Å². The Balaban J connectivity index is 2.01. The molecule has 7 heteroatoms. The second-order valence-electron chi connectivity index (χ2n) is 5.25. The zero-order chi connectivity index (χ0) is 16.6. The fourth-order valence-electron chi connectivity index (χ4n) is 2.53. The molecule has 0 fully saturated rings. The molecule has 0 bridgehead atoms. The largest absolute Gasteiger partial charge is 0.305 e. The van der Waals surface area contributed by atoms with Gasteiger partial charge in [0.2, 0.25) is 0 Å². The molecule has 3 rings (SSSR count). The summed E-state index contributed by atoms with van der Waals surface area (Å²) in [6, 6.07) is 9.80. The molecular weight excluding hydrogens is 314 g/mol. The standard InChI is InChI=1S/C16H16ClN5O/c1-10-13(11-7-5-4-6-8-11)15(22(3)19-10)18-16(23)14-12(17)9-21(2)20-14/h4-9H,1-3H3,(H,18,23). The number of hydrogen-bond donors (Lipinski definition) is 1. The maximum atomic E-state index is 12.5. The van der Waals surface area contributed by atoms with E-state index in [2.05, 4.69) is 15.5 Å². The van der Waals surface area contributed by atoms with Crippen LogP contribution in [0.5, 0.6) is 0 Å². The third-order valence-corrected chi connectivity index (χ3v) is 3.79. The topological polar surface area (TPSA) is 64.7 Å². The summed E-state index contributed by atoms with van der Waals surface area (Å²) in [7, 11) is 3.50. The number of halogens is 1. The lowest BCUT2D eigenvalue weighted by Gasteiger charge is -2.08. The molecule has 0 aliphatic heterocycles. The normalized spacial score (nSPS) is 10.8. The number of aryl methyl sites for hydroxylation is 3. The van der Waals surface area contributed by atoms with Crippen molar-refractivity contribution in [2.75, 3.05) is 5.32 Å². The van der Waals surface area contributed by atoms with Gasteiger partial charge in [-0.05, 0) is 12.5 Å². The third-order valence-electron chi connectivity index (χ3n) is 3.52. The zero-order valence-electron chi connectivity index (χ0n) is 13.0. The van der Waals surface area contributed by atoms with Crippen molar-refractivity contribution in [1.29, 1.82) is 0 Å². The van der Waals surface area contributed by atoms with Gasteiger partial charge in [-0.3, -0.25) is 14.2 Å². The highest BCUT2D eigenvalue weighted by molar-refractivity contribution is 6.34. The minimum absolute atomic E-state index is 0.187. The second-order valence-corrected chi connectivity index (χ2v) is 5.66. The maximum absolute atomic E-state index is 12.5. The maximum Gasteiger partial charge on any atom is 0.278 e. The summed E-state index contributed by atoms with van der Waals surface area (Å²) in [5, 5.41) is 11.7. The van der Waals surface area contributed by atoms with Gasteiger partial charge in [0.1, 0.15) is 5.82 Å². The SMILES string of the molecule is Cc1nn(C)c(NC(=O)c2nn(C)cc2Cl)c1-c1ccccc1. The minimum atomic E-state index is -0.365. The molecule has 23 heavy (non-hydrogen) atoms. The molecule has 0 unspecified atom stereocenters. The summed E-state index contributed by atoms with van der Waals surface area (Å²) in [5.41, 5.74) is 2.89. The fourth-order valence-corrected chi connectivity index (χ4v) is 2.80. The second kappa shape index (κ2) is 5.89. The Kier molecular flexibility index (Phi) is 3.92. The van der Waals surface area contributed by atoms with Gasteiger partial charge in [0, 0.05) is 25.9 Å². The molecule has 0 saturated carbocycles. The molecule has 6 nitrogen and oxygen atoms in total. The van der Waals surface area contributed by atoms with Crippen LogP contribution in [0, 0.1) is 6.92 Å². The number of rotatable bonds is 3. The Hall–Kier alpha value is -2.60. The number of carbonyl (C=O) groups is 1. The van der Waals surface area contributed by atoms with Gasteiger partial charge in [0.15, 0.2) is 5.69 Å². The van der Waals surface area contributed by atoms with Gasteiger partial charge >= 0.3 is 0 Å². The first-order chi connectivity index (χ1) is 11.0. The number of nitrogens with one attached hydrogen (secondary N) is 1. The average Bonchev–Trinajstić information content (AvgIpc) is 2.99. The van der Waals surface area contributed by atoms with Gasteiger partial charge < -0.3 is 5.32 Å². The number of hydrogen-bond acceptors (Lipinski definition) is 3. The number of amides is 1. The summed E-state index contributed by atoms with van der Waals surface area (Å²) in [5.74, 6) is 0.246. The van der Waals surface area contributed by atoms with E-state index in [4.69, 9.17) is 11.6 Å². The highest BCUT2D eigenvalue weighted by atomic mass is 35.5. The number of benzene rings is 1. The lowest BCUT2D eigenvalue weighted by Crippen LogP contribution is -2.16. The van der Waals surface area contributed by atoms with Crippen LogP contribution >= 0.6 is 11.6 Å². The number of aromatic nitrogens is 4. The summed E-state index contributed by atoms with van der Waals surface area (Å²) in [6.45, 7) is 1.91. The van der Waals surface area contributed by atoms with Crippen molar-refractivity contribution in [2.24, 2.45) is 14.1 Å². The highest BCUT2D eigenvalue weighted by Gasteiger charge is 2.21. The van der Waals surface area contributed by atoms with E-state index >= 15 is 0 Å². The number of carbonyl (C=O) groups excluding carboxylic acids is 1. The average molecular weight is 330 g/mol. The van der Waals surface area contributed by atoms with Crippen LogP contribution in [0.15, 0.2) is 36.5 Å². The first-order valence-electron chi connectivity index (χ1n) is 7.07. The van der Waals surface area contributed by atoms with Crippen LogP contribution in [0.1, 0.15) is 16.2 Å². The Morgan fingerprint density at radius 3 is 2.48 bits per heavy atom. The van der Waals surface area contributed by atoms with Crippen LogP contribution in [-0.4, -0.2) is 25.5 Å². The van der Waals surface area contributed by atoms with Crippen molar-refractivity contribution in [3.8, 4) is 11.1 Å². The van der Waals surface area contributed by atoms with Crippen LogP contribution in [0.25, 0.3) is 11.1 Å². The Labute approximate surface area is 138 Å². The van der Waals surface area contributed by atoms with Crippen LogP contribution in [-0.2, 0) is 14.1 Å². The highest BCUT2D eigenvalue weighted by Crippen LogP contribution is 2.31. The molecule has 0 saturated heterocycles. The van der Waals surface area contributed by atoms with E-state index in [1.165, 1.54) is 4.68 Å². The van der Waals surface area contributed by atoms with E-state index in [-0.39, 0.29) is 11.6 Å². The molecule has 0 atom stereocenters. The fraction of sp³-hybridized carbons (Fsp3) is 0.188. The van der Waals surface area contributed by atoms with Gasteiger partial charge in [-0.1, -0.05) is 41.9 Å². The van der Waals surface area contributed by atoms with E-state index < -0.39 is 0 Å². The molecule has 0 aliphatic carbocycles. The van der Waals surface area contributed by atoms with Crippen molar-refractivity contribution < 1.29 is 4.79 Å². The molecule has 0 spiro atoms. The molecule has 1 amide bonds. The van der Waals surface area contributed by atoms with Crippen molar-refractivity contribution in [3.63, 3.8) is 0 Å². The molecule has 2 heterocycles. The van der Waals surface area contributed by atoms with Crippen LogP contribution < -0.4 is 5.32 Å². The van der Waals surface area contributed by atoms with Crippen molar-refractivity contribution >= 4 is 23.3 Å². The quantitative estimate of drug-likeness (QED) is 0.803.